The highest BCUT2D eigenvalue weighted by Gasteiger charge is 2.52. The van der Waals surface area contributed by atoms with E-state index in [1.54, 1.807) is 31.2 Å². The van der Waals surface area contributed by atoms with Crippen molar-refractivity contribution in [1.29, 1.82) is 0 Å². The molecular formula is C27H22NO5-. The summed E-state index contributed by atoms with van der Waals surface area (Å²) in [6.45, 7) is 2.00. The number of carboxylic acids is 1. The monoisotopic (exact) mass is 440 g/mol. The SMILES string of the molecule is CCOC(=O)c1ccc(NC(=O)[C@H]2C3c4ccccc4C(c4ccccc43)[C@@H]2C(=O)[O-])cc1. The number of carbonyl (C=O) groups excluding carboxylic acids is 3. The van der Waals surface area contributed by atoms with Crippen LogP contribution in [0, 0.1) is 11.8 Å². The molecule has 0 radical (unpaired) electrons. The Labute approximate surface area is 191 Å². The molecule has 0 aromatic heterocycles. The number of carbonyl (C=O) groups is 3. The third-order valence-corrected chi connectivity index (χ3v) is 6.68. The number of benzene rings is 3. The zero-order valence-electron chi connectivity index (χ0n) is 18.0. The first-order chi connectivity index (χ1) is 16.0. The molecule has 166 valence electrons. The second-order valence-corrected chi connectivity index (χ2v) is 8.37. The van der Waals surface area contributed by atoms with Gasteiger partial charge in [0.2, 0.25) is 5.91 Å². The van der Waals surface area contributed by atoms with Crippen molar-refractivity contribution in [2.45, 2.75) is 18.8 Å². The van der Waals surface area contributed by atoms with Gasteiger partial charge in [0.1, 0.15) is 0 Å². The van der Waals surface area contributed by atoms with Gasteiger partial charge < -0.3 is 20.0 Å². The van der Waals surface area contributed by atoms with E-state index in [1.165, 1.54) is 0 Å². The largest absolute Gasteiger partial charge is 0.550 e. The number of fused-ring (bicyclic) bond motifs is 1. The molecule has 0 heterocycles. The number of rotatable bonds is 5. The van der Waals surface area contributed by atoms with E-state index in [9.17, 15) is 19.5 Å². The van der Waals surface area contributed by atoms with E-state index >= 15 is 0 Å². The standard InChI is InChI=1S/C27H23NO5/c1-2-33-27(32)15-11-13-16(14-12-15)28-25(29)23-21-17-7-3-5-9-19(17)22(24(23)26(30)31)20-10-6-4-8-18(20)21/h3-14,21-24H,2H2,1H3,(H,28,29)(H,30,31)/p-1/t21?,22?,23-,24-/m0/s1. The Morgan fingerprint density at radius 2 is 1.27 bits per heavy atom. The van der Waals surface area contributed by atoms with E-state index in [-0.39, 0.29) is 18.4 Å². The molecule has 0 saturated heterocycles. The van der Waals surface area contributed by atoms with Crippen LogP contribution in [0.25, 0.3) is 0 Å². The van der Waals surface area contributed by atoms with E-state index < -0.39 is 29.7 Å². The molecule has 3 aliphatic carbocycles. The van der Waals surface area contributed by atoms with Crippen molar-refractivity contribution in [3.8, 4) is 0 Å². The van der Waals surface area contributed by atoms with Gasteiger partial charge in [0, 0.05) is 29.4 Å². The van der Waals surface area contributed by atoms with Crippen LogP contribution in [0.15, 0.2) is 72.8 Å². The van der Waals surface area contributed by atoms with E-state index in [4.69, 9.17) is 4.74 Å². The van der Waals surface area contributed by atoms with Gasteiger partial charge in [-0.25, -0.2) is 4.79 Å². The minimum Gasteiger partial charge on any atom is -0.550 e. The van der Waals surface area contributed by atoms with E-state index in [0.717, 1.165) is 22.3 Å². The normalized spacial score (nSPS) is 22.1. The second kappa shape index (κ2) is 8.20. The molecule has 3 aromatic carbocycles. The molecule has 1 N–H and O–H groups in total. The number of nitrogens with one attached hydrogen (secondary N) is 1. The Kier molecular flexibility index (Phi) is 5.21. The first-order valence-corrected chi connectivity index (χ1v) is 11.0. The maximum atomic E-state index is 13.5. The van der Waals surface area contributed by atoms with E-state index in [2.05, 4.69) is 5.32 Å². The van der Waals surface area contributed by atoms with Crippen LogP contribution in [0.2, 0.25) is 0 Å². The van der Waals surface area contributed by atoms with Gasteiger partial charge in [0.15, 0.2) is 0 Å². The maximum absolute atomic E-state index is 13.5. The van der Waals surface area contributed by atoms with Crippen LogP contribution in [0.5, 0.6) is 0 Å². The van der Waals surface area contributed by atoms with Crippen molar-refractivity contribution < 1.29 is 24.2 Å². The van der Waals surface area contributed by atoms with Gasteiger partial charge in [-0.05, 0) is 53.4 Å². The molecule has 6 nitrogen and oxygen atoms in total. The van der Waals surface area contributed by atoms with Gasteiger partial charge in [-0.15, -0.1) is 0 Å². The Hall–Kier alpha value is -3.93. The van der Waals surface area contributed by atoms with Gasteiger partial charge in [0.05, 0.1) is 18.1 Å². The summed E-state index contributed by atoms with van der Waals surface area (Å²) in [5.41, 5.74) is 4.71. The van der Waals surface area contributed by atoms with Crippen molar-refractivity contribution in [3.63, 3.8) is 0 Å². The van der Waals surface area contributed by atoms with Gasteiger partial charge in [-0.3, -0.25) is 4.79 Å². The molecule has 0 fully saturated rings. The summed E-state index contributed by atoms with van der Waals surface area (Å²) in [6, 6.07) is 21.8. The molecule has 3 aliphatic rings. The lowest BCUT2D eigenvalue weighted by atomic mass is 9.54. The third kappa shape index (κ3) is 3.39. The number of carboxylic acid groups (broad SMARTS) is 1. The van der Waals surface area contributed by atoms with Gasteiger partial charge >= 0.3 is 5.97 Å². The molecule has 33 heavy (non-hydrogen) atoms. The Morgan fingerprint density at radius 3 is 1.73 bits per heavy atom. The molecule has 0 aliphatic heterocycles. The fourth-order valence-electron chi connectivity index (χ4n) is 5.41. The summed E-state index contributed by atoms with van der Waals surface area (Å²) >= 11 is 0. The molecule has 0 spiro atoms. The summed E-state index contributed by atoms with van der Waals surface area (Å²) in [7, 11) is 0. The highest BCUT2D eigenvalue weighted by molar-refractivity contribution is 5.98. The summed E-state index contributed by atoms with van der Waals surface area (Å²) < 4.78 is 4.99. The van der Waals surface area contributed by atoms with Crippen molar-refractivity contribution in [2.24, 2.45) is 11.8 Å². The first kappa shape index (κ1) is 20.9. The predicted octanol–water partition coefficient (Wildman–Crippen LogP) is 3.08. The van der Waals surface area contributed by atoms with Crippen molar-refractivity contribution in [2.75, 3.05) is 11.9 Å². The smallest absolute Gasteiger partial charge is 0.338 e. The van der Waals surface area contributed by atoms with Crippen LogP contribution in [-0.2, 0) is 14.3 Å². The average Bonchev–Trinajstić information content (AvgIpc) is 2.84. The fraction of sp³-hybridized carbons (Fsp3) is 0.222. The molecule has 6 heteroatoms. The molecule has 0 unspecified atom stereocenters. The Bertz CT molecular complexity index is 1200. The minimum absolute atomic E-state index is 0.273. The number of hydrogen-bond donors (Lipinski definition) is 1. The highest BCUT2D eigenvalue weighted by atomic mass is 16.5. The fourth-order valence-corrected chi connectivity index (χ4v) is 5.41. The van der Waals surface area contributed by atoms with Crippen molar-refractivity contribution >= 4 is 23.5 Å². The minimum atomic E-state index is -1.23. The van der Waals surface area contributed by atoms with Crippen LogP contribution >= 0.6 is 0 Å². The van der Waals surface area contributed by atoms with E-state index in [0.29, 0.717) is 11.3 Å². The van der Waals surface area contributed by atoms with Crippen LogP contribution in [-0.4, -0.2) is 24.5 Å². The van der Waals surface area contributed by atoms with Gasteiger partial charge in [-0.2, -0.15) is 0 Å². The summed E-state index contributed by atoms with van der Waals surface area (Å²) in [4.78, 5) is 37.8. The topological polar surface area (TPSA) is 95.5 Å². The quantitative estimate of drug-likeness (QED) is 0.615. The number of anilines is 1. The molecule has 0 saturated carbocycles. The molecule has 3 aromatic rings. The number of ether oxygens (including phenoxy) is 1. The van der Waals surface area contributed by atoms with Crippen molar-refractivity contribution in [3.05, 3.63) is 101 Å². The lowest BCUT2D eigenvalue weighted by Gasteiger charge is -2.50. The second-order valence-electron chi connectivity index (χ2n) is 8.37. The lowest BCUT2D eigenvalue weighted by Crippen LogP contribution is -2.52. The molecule has 2 bridgehead atoms. The van der Waals surface area contributed by atoms with Crippen LogP contribution in [0.3, 0.4) is 0 Å². The van der Waals surface area contributed by atoms with Gasteiger partial charge in [-0.1, -0.05) is 48.5 Å². The lowest BCUT2D eigenvalue weighted by molar-refractivity contribution is -0.314. The number of amides is 1. The Morgan fingerprint density at radius 1 is 0.788 bits per heavy atom. The highest BCUT2D eigenvalue weighted by Crippen LogP contribution is 2.58. The zero-order valence-corrected chi connectivity index (χ0v) is 18.0. The molecular weight excluding hydrogens is 418 g/mol. The summed E-state index contributed by atoms with van der Waals surface area (Å²) in [5, 5.41) is 15.2. The molecule has 1 amide bonds. The molecule has 6 rings (SSSR count). The Balaban J connectivity index is 1.52. The molecule has 2 atom stereocenters. The average molecular weight is 440 g/mol. The predicted molar refractivity (Wildman–Crippen MR) is 120 cm³/mol. The van der Waals surface area contributed by atoms with Gasteiger partial charge in [0.25, 0.3) is 0 Å². The maximum Gasteiger partial charge on any atom is 0.338 e. The van der Waals surface area contributed by atoms with Crippen LogP contribution in [0.1, 0.15) is 51.4 Å². The van der Waals surface area contributed by atoms with E-state index in [1.807, 2.05) is 48.5 Å². The first-order valence-electron chi connectivity index (χ1n) is 11.0. The third-order valence-electron chi connectivity index (χ3n) is 6.68. The van der Waals surface area contributed by atoms with Crippen LogP contribution < -0.4 is 10.4 Å². The summed E-state index contributed by atoms with van der Waals surface area (Å²) in [5.74, 6) is -4.70. The van der Waals surface area contributed by atoms with Crippen LogP contribution in [0.4, 0.5) is 5.69 Å². The summed E-state index contributed by atoms with van der Waals surface area (Å²) in [6.07, 6.45) is 0. The van der Waals surface area contributed by atoms with Crippen molar-refractivity contribution in [1.82, 2.24) is 0 Å². The number of hydrogen-bond acceptors (Lipinski definition) is 5. The number of aliphatic carboxylic acids is 1. The number of esters is 1. The zero-order chi connectivity index (χ0) is 23.1.